The molecule has 2 aromatic rings. The molecule has 2 nitrogen and oxygen atoms in total. The molecule has 0 amide bonds. The number of hydrogen-bond acceptors (Lipinski definition) is 2. The molecular weight excluding hydrogens is 403 g/mol. The second kappa shape index (κ2) is 7.27. The van der Waals surface area contributed by atoms with Crippen molar-refractivity contribution in [2.24, 2.45) is 0 Å². The molecule has 0 aliphatic heterocycles. The molecule has 5 heteroatoms. The van der Waals surface area contributed by atoms with Gasteiger partial charge in [-0.05, 0) is 31.2 Å². The molecular formula is C16H15Br2FO2. The molecule has 0 saturated heterocycles. The van der Waals surface area contributed by atoms with Crippen LogP contribution >= 0.6 is 31.9 Å². The van der Waals surface area contributed by atoms with Gasteiger partial charge in [0.2, 0.25) is 0 Å². The fourth-order valence-electron chi connectivity index (χ4n) is 2.01. The number of methoxy groups -OCH3 is 1. The van der Waals surface area contributed by atoms with Gasteiger partial charge in [0.05, 0.1) is 18.5 Å². The molecule has 0 bridgehead atoms. The molecule has 21 heavy (non-hydrogen) atoms. The van der Waals surface area contributed by atoms with E-state index in [-0.39, 0.29) is 10.6 Å². The van der Waals surface area contributed by atoms with E-state index in [0.29, 0.717) is 17.9 Å². The molecule has 0 heterocycles. The third-order valence-electron chi connectivity index (χ3n) is 3.03. The number of alkyl halides is 1. The van der Waals surface area contributed by atoms with Crippen LogP contribution in [0.15, 0.2) is 40.9 Å². The molecule has 0 aliphatic rings. The smallest absolute Gasteiger partial charge is 0.131 e. The van der Waals surface area contributed by atoms with Crippen molar-refractivity contribution in [2.45, 2.75) is 11.8 Å². The monoisotopic (exact) mass is 416 g/mol. The number of rotatable bonds is 5. The number of halogens is 3. The summed E-state index contributed by atoms with van der Waals surface area (Å²) in [5.41, 5.74) is 1.41. The Morgan fingerprint density at radius 1 is 1.14 bits per heavy atom. The van der Waals surface area contributed by atoms with Gasteiger partial charge in [-0.25, -0.2) is 4.39 Å². The minimum Gasteiger partial charge on any atom is -0.497 e. The lowest BCUT2D eigenvalue weighted by Crippen LogP contribution is -2.02. The van der Waals surface area contributed by atoms with E-state index in [2.05, 4.69) is 31.9 Å². The largest absolute Gasteiger partial charge is 0.497 e. The Balaban J connectivity index is 2.43. The van der Waals surface area contributed by atoms with E-state index in [1.807, 2.05) is 25.1 Å². The van der Waals surface area contributed by atoms with Crippen molar-refractivity contribution < 1.29 is 13.9 Å². The van der Waals surface area contributed by atoms with E-state index in [1.165, 1.54) is 13.2 Å². The summed E-state index contributed by atoms with van der Waals surface area (Å²) in [6, 6.07) is 10.5. The Morgan fingerprint density at radius 3 is 2.52 bits per heavy atom. The van der Waals surface area contributed by atoms with Crippen LogP contribution in [0.4, 0.5) is 4.39 Å². The van der Waals surface area contributed by atoms with Gasteiger partial charge < -0.3 is 9.47 Å². The van der Waals surface area contributed by atoms with Gasteiger partial charge in [0.15, 0.2) is 0 Å². The van der Waals surface area contributed by atoms with Gasteiger partial charge >= 0.3 is 0 Å². The predicted molar refractivity (Wildman–Crippen MR) is 89.0 cm³/mol. The summed E-state index contributed by atoms with van der Waals surface area (Å²) in [5, 5.41) is 0. The van der Waals surface area contributed by atoms with E-state index in [9.17, 15) is 4.39 Å². The first-order valence-electron chi connectivity index (χ1n) is 6.46. The highest BCUT2D eigenvalue weighted by molar-refractivity contribution is 9.10. The third kappa shape index (κ3) is 3.77. The molecule has 1 unspecified atom stereocenters. The van der Waals surface area contributed by atoms with Crippen LogP contribution in [-0.2, 0) is 0 Å². The van der Waals surface area contributed by atoms with Crippen LogP contribution < -0.4 is 9.47 Å². The summed E-state index contributed by atoms with van der Waals surface area (Å²) in [6.45, 7) is 2.47. The third-order valence-corrected chi connectivity index (χ3v) is 4.51. The maximum atomic E-state index is 14.2. The molecule has 112 valence electrons. The van der Waals surface area contributed by atoms with Crippen molar-refractivity contribution in [3.05, 3.63) is 57.8 Å². The Hall–Kier alpha value is -1.07. The Morgan fingerprint density at radius 2 is 1.90 bits per heavy atom. The second-order valence-electron chi connectivity index (χ2n) is 4.37. The quantitative estimate of drug-likeness (QED) is 0.599. The van der Waals surface area contributed by atoms with Crippen molar-refractivity contribution in [3.8, 4) is 11.5 Å². The van der Waals surface area contributed by atoms with Crippen LogP contribution in [-0.4, -0.2) is 13.7 Å². The highest BCUT2D eigenvalue weighted by Crippen LogP contribution is 2.39. The lowest BCUT2D eigenvalue weighted by Gasteiger charge is -2.17. The number of hydrogen-bond donors (Lipinski definition) is 0. The van der Waals surface area contributed by atoms with Crippen molar-refractivity contribution in [1.82, 2.24) is 0 Å². The van der Waals surface area contributed by atoms with E-state index in [1.54, 1.807) is 12.1 Å². The SMILES string of the molecule is CCOc1ccc(Br)cc1C(Br)c1ccc(OC)cc1F. The van der Waals surface area contributed by atoms with E-state index in [0.717, 1.165) is 15.8 Å². The molecule has 2 rings (SSSR count). The predicted octanol–water partition coefficient (Wildman–Crippen LogP) is 5.48. The van der Waals surface area contributed by atoms with Gasteiger partial charge in [0.1, 0.15) is 17.3 Å². The molecule has 1 atom stereocenters. The van der Waals surface area contributed by atoms with Gasteiger partial charge in [0.25, 0.3) is 0 Å². The Bertz CT molecular complexity index is 632. The average molecular weight is 418 g/mol. The maximum absolute atomic E-state index is 14.2. The lowest BCUT2D eigenvalue weighted by atomic mass is 10.0. The molecule has 2 aromatic carbocycles. The Labute approximate surface area is 140 Å². The fraction of sp³-hybridized carbons (Fsp3) is 0.250. The molecule has 0 aromatic heterocycles. The number of ether oxygens (including phenoxy) is 2. The van der Waals surface area contributed by atoms with Crippen LogP contribution in [0, 0.1) is 5.82 Å². The highest BCUT2D eigenvalue weighted by Gasteiger charge is 2.19. The first-order valence-corrected chi connectivity index (χ1v) is 8.17. The van der Waals surface area contributed by atoms with Crippen LogP contribution in [0.1, 0.15) is 22.9 Å². The summed E-state index contributed by atoms with van der Waals surface area (Å²) in [4.78, 5) is -0.303. The van der Waals surface area contributed by atoms with Crippen molar-refractivity contribution in [2.75, 3.05) is 13.7 Å². The second-order valence-corrected chi connectivity index (χ2v) is 6.20. The van der Waals surface area contributed by atoms with Crippen molar-refractivity contribution in [3.63, 3.8) is 0 Å². The topological polar surface area (TPSA) is 18.5 Å². The maximum Gasteiger partial charge on any atom is 0.131 e. The van der Waals surface area contributed by atoms with Crippen molar-refractivity contribution in [1.29, 1.82) is 0 Å². The first-order chi connectivity index (χ1) is 10.1. The zero-order chi connectivity index (χ0) is 15.4. The summed E-state index contributed by atoms with van der Waals surface area (Å²) in [5.74, 6) is 0.909. The Kier molecular flexibility index (Phi) is 5.65. The molecule has 0 saturated carbocycles. The average Bonchev–Trinajstić information content (AvgIpc) is 2.48. The van der Waals surface area contributed by atoms with Gasteiger partial charge in [-0.1, -0.05) is 37.9 Å². The zero-order valence-electron chi connectivity index (χ0n) is 11.7. The minimum absolute atomic E-state index is 0.303. The zero-order valence-corrected chi connectivity index (χ0v) is 14.9. The van der Waals surface area contributed by atoms with Crippen molar-refractivity contribution >= 4 is 31.9 Å². The van der Waals surface area contributed by atoms with Crippen LogP contribution in [0.5, 0.6) is 11.5 Å². The standard InChI is InChI=1S/C16H15Br2FO2/c1-3-21-15-7-4-10(17)8-13(15)16(18)12-6-5-11(20-2)9-14(12)19/h4-9,16H,3H2,1-2H3. The minimum atomic E-state index is -0.321. The summed E-state index contributed by atoms with van der Waals surface area (Å²) in [7, 11) is 1.52. The van der Waals surface area contributed by atoms with Gasteiger partial charge in [-0.3, -0.25) is 0 Å². The molecule has 0 spiro atoms. The van der Waals surface area contributed by atoms with Gasteiger partial charge in [-0.2, -0.15) is 0 Å². The van der Waals surface area contributed by atoms with E-state index < -0.39 is 0 Å². The highest BCUT2D eigenvalue weighted by atomic mass is 79.9. The summed E-state index contributed by atoms with van der Waals surface area (Å²) >= 11 is 7.00. The van der Waals surface area contributed by atoms with Crippen LogP contribution in [0.25, 0.3) is 0 Å². The summed E-state index contributed by atoms with van der Waals surface area (Å²) < 4.78 is 25.8. The summed E-state index contributed by atoms with van der Waals surface area (Å²) in [6.07, 6.45) is 0. The number of benzene rings is 2. The fourth-order valence-corrected chi connectivity index (χ4v) is 3.12. The molecule has 0 fully saturated rings. The van der Waals surface area contributed by atoms with Crippen LogP contribution in [0.3, 0.4) is 0 Å². The first kappa shape index (κ1) is 16.3. The molecule has 0 radical (unpaired) electrons. The van der Waals surface area contributed by atoms with E-state index in [4.69, 9.17) is 9.47 Å². The van der Waals surface area contributed by atoms with Gasteiger partial charge in [-0.15, -0.1) is 0 Å². The normalized spacial score (nSPS) is 12.0. The molecule has 0 aliphatic carbocycles. The lowest BCUT2D eigenvalue weighted by molar-refractivity contribution is 0.337. The molecule has 0 N–H and O–H groups in total. The van der Waals surface area contributed by atoms with Gasteiger partial charge in [0, 0.05) is 21.7 Å². The van der Waals surface area contributed by atoms with Crippen LogP contribution in [0.2, 0.25) is 0 Å². The van der Waals surface area contributed by atoms with E-state index >= 15 is 0 Å².